The molecule has 0 unspecified atom stereocenters. The number of thiazole rings is 1. The smallest absolute Gasteiger partial charge is 0.410 e. The van der Waals surface area contributed by atoms with E-state index in [1.165, 1.54) is 22.3 Å². The van der Waals surface area contributed by atoms with E-state index in [0.717, 1.165) is 12.0 Å². The fraction of sp³-hybridized carbons (Fsp3) is 0.636. The highest BCUT2D eigenvalue weighted by molar-refractivity contribution is 7.09. The van der Waals surface area contributed by atoms with Gasteiger partial charge in [-0.25, -0.2) is 9.78 Å². The van der Waals surface area contributed by atoms with Crippen molar-refractivity contribution in [2.24, 2.45) is 17.8 Å². The number of nitrogens with zero attached hydrogens (tertiary/aromatic N) is 3. The van der Waals surface area contributed by atoms with Crippen LogP contribution in [0, 0.1) is 17.8 Å². The van der Waals surface area contributed by atoms with E-state index in [4.69, 9.17) is 14.2 Å². The van der Waals surface area contributed by atoms with Crippen LogP contribution < -0.4 is 10.6 Å². The van der Waals surface area contributed by atoms with Gasteiger partial charge in [0.1, 0.15) is 41.6 Å². The Kier molecular flexibility index (Phi) is 21.1. The van der Waals surface area contributed by atoms with Crippen molar-refractivity contribution >= 4 is 41.1 Å². The largest absolute Gasteiger partial charge is 0.461 e. The number of carbonyl (C=O) groups excluding carboxylic acids is 5. The third-order valence-electron chi connectivity index (χ3n) is 9.99. The number of benzene rings is 1. The summed E-state index contributed by atoms with van der Waals surface area (Å²) in [7, 11) is 3.31. The van der Waals surface area contributed by atoms with E-state index in [1.807, 2.05) is 65.0 Å². The van der Waals surface area contributed by atoms with Gasteiger partial charge in [0.15, 0.2) is 0 Å². The Hall–Kier alpha value is -4.30. The van der Waals surface area contributed by atoms with Crippen LogP contribution in [0.5, 0.6) is 0 Å². The number of esters is 1. The molecular formula is C44H69N5O8S. The Morgan fingerprint density at radius 2 is 1.67 bits per heavy atom. The van der Waals surface area contributed by atoms with Crippen LogP contribution in [-0.2, 0) is 35.0 Å². The predicted molar refractivity (Wildman–Crippen MR) is 228 cm³/mol. The number of aromatic nitrogens is 1. The van der Waals surface area contributed by atoms with E-state index in [9.17, 15) is 24.0 Å². The molecule has 0 saturated carbocycles. The summed E-state index contributed by atoms with van der Waals surface area (Å²) < 4.78 is 16.8. The van der Waals surface area contributed by atoms with Crippen LogP contribution >= 0.6 is 11.3 Å². The maximum absolute atomic E-state index is 14.3. The number of rotatable bonds is 24. The minimum absolute atomic E-state index is 0.00164. The van der Waals surface area contributed by atoms with Crippen molar-refractivity contribution in [2.75, 3.05) is 33.9 Å². The first-order valence-electron chi connectivity index (χ1n) is 20.5. The molecule has 0 aliphatic carbocycles. The molecule has 58 heavy (non-hydrogen) atoms. The summed E-state index contributed by atoms with van der Waals surface area (Å²) in [5.41, 5.74) is 0.524. The molecule has 1 heterocycles. The van der Waals surface area contributed by atoms with Crippen molar-refractivity contribution in [3.05, 3.63) is 64.6 Å². The molecular weight excluding hydrogens is 759 g/mol. The van der Waals surface area contributed by atoms with Gasteiger partial charge in [-0.15, -0.1) is 11.3 Å². The van der Waals surface area contributed by atoms with Gasteiger partial charge in [-0.05, 0) is 57.4 Å². The first-order valence-corrected chi connectivity index (χ1v) is 21.4. The second-order valence-electron chi connectivity index (χ2n) is 16.4. The zero-order valence-corrected chi connectivity index (χ0v) is 37.5. The Balaban J connectivity index is 2.25. The van der Waals surface area contributed by atoms with Gasteiger partial charge >= 0.3 is 12.1 Å². The summed E-state index contributed by atoms with van der Waals surface area (Å²) in [5, 5.41) is 8.30. The van der Waals surface area contributed by atoms with Gasteiger partial charge in [0, 0.05) is 44.6 Å². The van der Waals surface area contributed by atoms with Crippen molar-refractivity contribution in [3.8, 4) is 0 Å². The number of amides is 4. The van der Waals surface area contributed by atoms with E-state index in [2.05, 4.69) is 22.2 Å². The summed E-state index contributed by atoms with van der Waals surface area (Å²) in [5.74, 6) is -2.08. The second kappa shape index (κ2) is 24.6. The molecule has 0 radical (unpaired) electrons. The van der Waals surface area contributed by atoms with E-state index < -0.39 is 35.7 Å². The molecule has 0 saturated heterocycles. The quantitative estimate of drug-likeness (QED) is 0.0815. The molecule has 324 valence electrons. The number of hydrogen-bond acceptors (Lipinski definition) is 10. The van der Waals surface area contributed by atoms with E-state index in [0.29, 0.717) is 43.7 Å². The highest BCUT2D eigenvalue weighted by Crippen LogP contribution is 2.30. The van der Waals surface area contributed by atoms with Gasteiger partial charge in [-0.1, -0.05) is 97.4 Å². The average molecular weight is 828 g/mol. The van der Waals surface area contributed by atoms with Crippen LogP contribution in [0.1, 0.15) is 122 Å². The molecule has 2 rings (SSSR count). The summed E-state index contributed by atoms with van der Waals surface area (Å²) in [6.07, 6.45) is 3.84. The van der Waals surface area contributed by atoms with Crippen molar-refractivity contribution < 1.29 is 38.2 Å². The van der Waals surface area contributed by atoms with E-state index in [1.54, 1.807) is 52.1 Å². The molecule has 1 aromatic heterocycles. The van der Waals surface area contributed by atoms with Gasteiger partial charge in [-0.2, -0.15) is 0 Å². The van der Waals surface area contributed by atoms with Crippen molar-refractivity contribution in [2.45, 2.75) is 131 Å². The maximum Gasteiger partial charge on any atom is 0.410 e. The standard InChI is InChI=1S/C44H69N5O8S/c1-13-16-22-49(43(54)57-44(8,9)10)27-37(50)47-38(30(6)15-3)41(52)48(11)35(29(4)5)26-36(55-12)40-46-34(28-58-40)39(51)45-33(25-32-20-18-17-19-21-32)24-31(7)42(53)56-23-14-2/h14,17-21,28-31,33,35-36,38H,2,13,15-16,22-27H2,1,3-12H3,(H,45,51)(H,47,50)/t30-,31-,33+,35+,36+,38-/m0/s1. The second-order valence-corrected chi connectivity index (χ2v) is 17.3. The van der Waals surface area contributed by atoms with Crippen molar-refractivity contribution in [3.63, 3.8) is 0 Å². The number of likely N-dealkylation sites (N-methyl/N-ethyl adjacent to an activating group) is 1. The zero-order valence-electron chi connectivity index (χ0n) is 36.7. The van der Waals surface area contributed by atoms with Crippen molar-refractivity contribution in [1.82, 2.24) is 25.4 Å². The molecule has 13 nitrogen and oxygen atoms in total. The summed E-state index contributed by atoms with van der Waals surface area (Å²) >= 11 is 1.30. The Morgan fingerprint density at radius 1 is 1.00 bits per heavy atom. The summed E-state index contributed by atoms with van der Waals surface area (Å²) in [6.45, 7) is 20.9. The van der Waals surface area contributed by atoms with E-state index >= 15 is 0 Å². The topological polar surface area (TPSA) is 156 Å². The minimum Gasteiger partial charge on any atom is -0.461 e. The average Bonchev–Trinajstić information content (AvgIpc) is 3.67. The summed E-state index contributed by atoms with van der Waals surface area (Å²) in [6, 6.07) is 8.22. The highest BCUT2D eigenvalue weighted by Gasteiger charge is 2.36. The van der Waals surface area contributed by atoms with Crippen LogP contribution in [0.2, 0.25) is 0 Å². The van der Waals surface area contributed by atoms with Gasteiger partial charge in [0.2, 0.25) is 11.8 Å². The molecule has 0 fully saturated rings. The lowest BCUT2D eigenvalue weighted by atomic mass is 9.93. The highest BCUT2D eigenvalue weighted by atomic mass is 32.1. The summed E-state index contributed by atoms with van der Waals surface area (Å²) in [4.78, 5) is 74.7. The van der Waals surface area contributed by atoms with Gasteiger partial charge < -0.3 is 29.7 Å². The lowest BCUT2D eigenvalue weighted by Gasteiger charge is -2.37. The molecule has 0 aliphatic heterocycles. The molecule has 0 bridgehead atoms. The number of unbranched alkanes of at least 4 members (excludes halogenated alkanes) is 1. The normalized spacial score (nSPS) is 14.6. The molecule has 0 aliphatic rings. The Bertz CT molecular complexity index is 1610. The van der Waals surface area contributed by atoms with Gasteiger partial charge in [0.05, 0.1) is 5.92 Å². The number of methoxy groups -OCH3 is 1. The van der Waals surface area contributed by atoms with Crippen LogP contribution in [0.3, 0.4) is 0 Å². The SMILES string of the molecule is C=CCOC(=O)[C@@H](C)C[C@H](Cc1ccccc1)NC(=O)c1csc([C@@H](C[C@H](C(C)C)N(C)C(=O)[C@@H](NC(=O)CN(CCCC)C(=O)OC(C)(C)C)[C@@H](C)CC)OC)n1. The zero-order chi connectivity index (χ0) is 43.6. The van der Waals surface area contributed by atoms with Gasteiger partial charge in [0.25, 0.3) is 5.91 Å². The van der Waals surface area contributed by atoms with Crippen LogP contribution in [0.4, 0.5) is 4.79 Å². The first-order chi connectivity index (χ1) is 27.3. The lowest BCUT2D eigenvalue weighted by Crippen LogP contribution is -2.56. The number of hydrogen-bond donors (Lipinski definition) is 2. The Labute approximate surface area is 350 Å². The molecule has 6 atom stereocenters. The maximum atomic E-state index is 14.3. The van der Waals surface area contributed by atoms with Crippen LogP contribution in [0.25, 0.3) is 0 Å². The number of nitrogens with one attached hydrogen (secondary N) is 2. The fourth-order valence-corrected chi connectivity index (χ4v) is 7.35. The van der Waals surface area contributed by atoms with Crippen LogP contribution in [-0.4, -0.2) is 102 Å². The molecule has 1 aromatic carbocycles. The minimum atomic E-state index is -0.832. The first kappa shape index (κ1) is 49.8. The van der Waals surface area contributed by atoms with Crippen molar-refractivity contribution in [1.29, 1.82) is 0 Å². The third kappa shape index (κ3) is 16.5. The van der Waals surface area contributed by atoms with Gasteiger partial charge in [-0.3, -0.25) is 24.1 Å². The third-order valence-corrected chi connectivity index (χ3v) is 10.9. The predicted octanol–water partition coefficient (Wildman–Crippen LogP) is 7.37. The fourth-order valence-electron chi connectivity index (χ4n) is 6.46. The molecule has 2 N–H and O–H groups in total. The van der Waals surface area contributed by atoms with E-state index in [-0.39, 0.29) is 60.5 Å². The molecule has 0 spiro atoms. The monoisotopic (exact) mass is 827 g/mol. The molecule has 14 heteroatoms. The molecule has 2 aromatic rings. The molecule has 4 amide bonds. The van der Waals surface area contributed by atoms with Crippen LogP contribution in [0.15, 0.2) is 48.4 Å². The number of carbonyl (C=O) groups is 5. The Morgan fingerprint density at radius 3 is 2.24 bits per heavy atom. The number of ether oxygens (including phenoxy) is 3. The lowest BCUT2D eigenvalue weighted by molar-refractivity contribution is -0.147.